The molecule has 0 fully saturated rings. The van der Waals surface area contributed by atoms with Crippen LogP contribution in [0.3, 0.4) is 0 Å². The van der Waals surface area contributed by atoms with Crippen LogP contribution in [0.2, 0.25) is 0 Å². The molecule has 1 aromatic carbocycles. The summed E-state index contributed by atoms with van der Waals surface area (Å²) in [5.74, 6) is 0. The van der Waals surface area contributed by atoms with Crippen LogP contribution in [0.15, 0.2) is 34.5 Å². The van der Waals surface area contributed by atoms with E-state index in [2.05, 4.69) is 67.2 Å². The van der Waals surface area contributed by atoms with Crippen molar-refractivity contribution < 1.29 is 4.48 Å². The van der Waals surface area contributed by atoms with Gasteiger partial charge in [-0.1, -0.05) is 11.3 Å². The van der Waals surface area contributed by atoms with Crippen molar-refractivity contribution in [3.05, 3.63) is 34.8 Å². The van der Waals surface area contributed by atoms with Gasteiger partial charge >= 0.3 is 0 Å². The summed E-state index contributed by atoms with van der Waals surface area (Å²) in [5.41, 5.74) is 3.11. The molecule has 1 aromatic heterocycles. The van der Waals surface area contributed by atoms with Crippen molar-refractivity contribution in [3.8, 4) is 0 Å². The Morgan fingerprint density at radius 2 is 1.75 bits per heavy atom. The normalized spacial score (nSPS) is 12.1. The average Bonchev–Trinajstić information content (AvgIpc) is 2.84. The molecule has 0 N–H and O–H groups in total. The van der Waals surface area contributed by atoms with Crippen molar-refractivity contribution in [3.63, 3.8) is 0 Å². The monoisotopic (exact) mass is 346 g/mol. The Bertz CT molecular complexity index is 663. The zero-order chi connectivity index (χ0) is 17.7. The number of likely N-dealkylation sites (N-methyl/N-ethyl adjacent to an activating group) is 2. The number of nitrogens with zero attached hydrogens (tertiary/aromatic N) is 5. The summed E-state index contributed by atoms with van der Waals surface area (Å²) < 4.78 is 0.968. The molecular formula is C18H28N5S+. The van der Waals surface area contributed by atoms with Gasteiger partial charge in [-0.3, -0.25) is 0 Å². The van der Waals surface area contributed by atoms with E-state index in [9.17, 15) is 0 Å². The van der Waals surface area contributed by atoms with Crippen LogP contribution in [0.1, 0.15) is 17.5 Å². The predicted octanol–water partition coefficient (Wildman–Crippen LogP) is 4.71. The molecule has 0 saturated carbocycles. The Balaban J connectivity index is 2.03. The van der Waals surface area contributed by atoms with E-state index in [1.54, 1.807) is 11.3 Å². The van der Waals surface area contributed by atoms with Crippen molar-refractivity contribution in [2.45, 2.75) is 20.8 Å². The third kappa shape index (κ3) is 5.39. The van der Waals surface area contributed by atoms with Crippen LogP contribution in [-0.4, -0.2) is 50.2 Å². The molecule has 2 aromatic rings. The standard InChI is InChI=1S/C18H28N5S/c1-7-22(12-13-23(4,5)6)17-10-8-16(9-11-17)20-21-18-19-14(2)15(3)24-18/h8-11H,7,12-13H2,1-6H3/q+1/b21-20+. The Kier molecular flexibility index (Phi) is 6.07. The number of rotatable bonds is 7. The average molecular weight is 347 g/mol. The predicted molar refractivity (Wildman–Crippen MR) is 103 cm³/mol. The van der Waals surface area contributed by atoms with Crippen LogP contribution in [0.4, 0.5) is 16.5 Å². The third-order valence-corrected chi connectivity index (χ3v) is 4.86. The minimum Gasteiger partial charge on any atom is -0.366 e. The van der Waals surface area contributed by atoms with Gasteiger partial charge in [-0.05, 0) is 45.0 Å². The van der Waals surface area contributed by atoms with Crippen molar-refractivity contribution >= 4 is 27.8 Å². The van der Waals surface area contributed by atoms with Gasteiger partial charge in [0.1, 0.15) is 0 Å². The summed E-state index contributed by atoms with van der Waals surface area (Å²) in [6.45, 7) is 9.39. The second-order valence-corrected chi connectivity index (χ2v) is 8.13. The number of thiazole rings is 1. The summed E-state index contributed by atoms with van der Waals surface area (Å²) in [6.07, 6.45) is 0. The fourth-order valence-corrected chi connectivity index (χ4v) is 2.95. The molecule has 0 saturated heterocycles. The van der Waals surface area contributed by atoms with E-state index in [1.165, 1.54) is 10.6 Å². The van der Waals surface area contributed by atoms with Gasteiger partial charge in [0.05, 0.1) is 45.6 Å². The maximum Gasteiger partial charge on any atom is 0.230 e. The van der Waals surface area contributed by atoms with Crippen LogP contribution >= 0.6 is 11.3 Å². The van der Waals surface area contributed by atoms with Gasteiger partial charge in [0.15, 0.2) is 0 Å². The van der Waals surface area contributed by atoms with Gasteiger partial charge in [0.25, 0.3) is 0 Å². The lowest BCUT2D eigenvalue weighted by atomic mass is 10.2. The lowest BCUT2D eigenvalue weighted by molar-refractivity contribution is -0.868. The molecule has 6 heteroatoms. The lowest BCUT2D eigenvalue weighted by Crippen LogP contribution is -2.42. The summed E-state index contributed by atoms with van der Waals surface area (Å²) >= 11 is 1.57. The molecule has 0 bridgehead atoms. The van der Waals surface area contributed by atoms with Crippen molar-refractivity contribution in [2.75, 3.05) is 45.7 Å². The van der Waals surface area contributed by atoms with Gasteiger partial charge in [-0.2, -0.15) is 0 Å². The van der Waals surface area contributed by atoms with Gasteiger partial charge in [0, 0.05) is 17.1 Å². The van der Waals surface area contributed by atoms with Crippen LogP contribution in [0.25, 0.3) is 0 Å². The van der Waals surface area contributed by atoms with E-state index in [1.807, 2.05) is 19.1 Å². The van der Waals surface area contributed by atoms with Crippen molar-refractivity contribution in [2.24, 2.45) is 10.2 Å². The number of aromatic nitrogens is 1. The molecule has 0 spiro atoms. The largest absolute Gasteiger partial charge is 0.366 e. The van der Waals surface area contributed by atoms with Crippen molar-refractivity contribution in [1.82, 2.24) is 4.98 Å². The van der Waals surface area contributed by atoms with Crippen LogP contribution < -0.4 is 4.90 Å². The smallest absolute Gasteiger partial charge is 0.230 e. The first-order valence-electron chi connectivity index (χ1n) is 8.30. The van der Waals surface area contributed by atoms with Gasteiger partial charge in [-0.15, -0.1) is 10.2 Å². The molecule has 0 aliphatic heterocycles. The second-order valence-electron chi connectivity index (χ2n) is 6.95. The first-order chi connectivity index (χ1) is 11.3. The van der Waals surface area contributed by atoms with E-state index >= 15 is 0 Å². The molecule has 0 amide bonds. The molecule has 0 aliphatic rings. The van der Waals surface area contributed by atoms with Crippen LogP contribution in [0.5, 0.6) is 0 Å². The Morgan fingerprint density at radius 3 is 2.25 bits per heavy atom. The zero-order valence-corrected chi connectivity index (χ0v) is 16.4. The molecule has 130 valence electrons. The van der Waals surface area contributed by atoms with Gasteiger partial charge in [-0.25, -0.2) is 4.98 Å². The van der Waals surface area contributed by atoms with E-state index in [-0.39, 0.29) is 0 Å². The van der Waals surface area contributed by atoms with E-state index < -0.39 is 0 Å². The molecule has 0 radical (unpaired) electrons. The maximum absolute atomic E-state index is 4.38. The fraction of sp³-hybridized carbons (Fsp3) is 0.500. The van der Waals surface area contributed by atoms with Crippen LogP contribution in [-0.2, 0) is 0 Å². The SMILES string of the molecule is CCN(CC[N+](C)(C)C)c1ccc(/N=N/c2nc(C)c(C)s2)cc1. The van der Waals surface area contributed by atoms with E-state index in [0.29, 0.717) is 5.13 Å². The first-order valence-corrected chi connectivity index (χ1v) is 9.11. The number of aryl methyl sites for hydroxylation is 2. The molecule has 0 unspecified atom stereocenters. The molecule has 2 rings (SSSR count). The highest BCUT2D eigenvalue weighted by atomic mass is 32.1. The highest BCUT2D eigenvalue weighted by Gasteiger charge is 2.11. The third-order valence-electron chi connectivity index (χ3n) is 3.91. The second kappa shape index (κ2) is 7.85. The summed E-state index contributed by atoms with van der Waals surface area (Å²) in [5, 5.41) is 9.25. The summed E-state index contributed by atoms with van der Waals surface area (Å²) in [4.78, 5) is 7.96. The number of anilines is 1. The Labute approximate surface area is 149 Å². The topological polar surface area (TPSA) is 40.9 Å². The molecular weight excluding hydrogens is 318 g/mol. The Hall–Kier alpha value is -1.79. The maximum atomic E-state index is 4.38. The molecule has 0 atom stereocenters. The molecule has 1 heterocycles. The molecule has 0 aliphatic carbocycles. The van der Waals surface area contributed by atoms with Crippen LogP contribution in [0, 0.1) is 13.8 Å². The van der Waals surface area contributed by atoms with E-state index in [0.717, 1.165) is 35.5 Å². The Morgan fingerprint density at radius 1 is 1.08 bits per heavy atom. The number of benzene rings is 1. The molecule has 24 heavy (non-hydrogen) atoms. The van der Waals surface area contributed by atoms with Gasteiger partial charge < -0.3 is 9.38 Å². The number of quaternary nitrogens is 1. The van der Waals surface area contributed by atoms with Crippen molar-refractivity contribution in [1.29, 1.82) is 0 Å². The first kappa shape index (κ1) is 18.5. The number of hydrogen-bond acceptors (Lipinski definition) is 5. The highest BCUT2D eigenvalue weighted by molar-refractivity contribution is 7.15. The quantitative estimate of drug-likeness (QED) is 0.538. The minimum atomic E-state index is 0.715. The molecule has 5 nitrogen and oxygen atoms in total. The zero-order valence-electron chi connectivity index (χ0n) is 15.6. The lowest BCUT2D eigenvalue weighted by Gasteiger charge is -2.29. The summed E-state index contributed by atoms with van der Waals surface area (Å²) in [6, 6.07) is 8.26. The van der Waals surface area contributed by atoms with Gasteiger partial charge in [0.2, 0.25) is 5.13 Å². The highest BCUT2D eigenvalue weighted by Crippen LogP contribution is 2.26. The summed E-state index contributed by atoms with van der Waals surface area (Å²) in [7, 11) is 6.66. The fourth-order valence-electron chi connectivity index (χ4n) is 2.22. The minimum absolute atomic E-state index is 0.715. The van der Waals surface area contributed by atoms with E-state index in [4.69, 9.17) is 0 Å². The number of hydrogen-bond donors (Lipinski definition) is 0. The number of azo groups is 1.